The second kappa shape index (κ2) is 6.03. The molecule has 1 aromatic carbocycles. The minimum absolute atomic E-state index is 0.297. The highest BCUT2D eigenvalue weighted by atomic mass is 32.1. The Kier molecular flexibility index (Phi) is 3.95. The van der Waals surface area contributed by atoms with E-state index in [1.165, 1.54) is 10.4 Å². The molecular formula is C16H17N3S. The van der Waals surface area contributed by atoms with Crippen molar-refractivity contribution in [1.82, 2.24) is 15.1 Å². The van der Waals surface area contributed by atoms with Gasteiger partial charge in [-0.05, 0) is 30.6 Å². The van der Waals surface area contributed by atoms with Gasteiger partial charge in [-0.1, -0.05) is 24.3 Å². The summed E-state index contributed by atoms with van der Waals surface area (Å²) in [5.74, 6) is 0. The van der Waals surface area contributed by atoms with Crippen molar-refractivity contribution in [3.8, 4) is 5.69 Å². The summed E-state index contributed by atoms with van der Waals surface area (Å²) in [7, 11) is 2.00. The van der Waals surface area contributed by atoms with E-state index >= 15 is 0 Å². The molecule has 0 aliphatic rings. The Morgan fingerprint density at radius 3 is 2.75 bits per heavy atom. The van der Waals surface area contributed by atoms with Crippen LogP contribution in [-0.4, -0.2) is 16.8 Å². The molecule has 1 atom stereocenters. The highest BCUT2D eigenvalue weighted by Crippen LogP contribution is 2.21. The third kappa shape index (κ3) is 2.81. The molecule has 20 heavy (non-hydrogen) atoms. The molecule has 0 aliphatic carbocycles. The van der Waals surface area contributed by atoms with Crippen LogP contribution in [-0.2, 0) is 6.42 Å². The molecule has 3 aromatic rings. The van der Waals surface area contributed by atoms with Gasteiger partial charge in [0.1, 0.15) is 0 Å². The van der Waals surface area contributed by atoms with Crippen LogP contribution in [0.3, 0.4) is 0 Å². The Bertz CT molecular complexity index is 643. The zero-order valence-electron chi connectivity index (χ0n) is 11.4. The first-order valence-electron chi connectivity index (χ1n) is 6.66. The molecule has 3 rings (SSSR count). The van der Waals surface area contributed by atoms with Gasteiger partial charge in [0.05, 0.1) is 11.9 Å². The van der Waals surface area contributed by atoms with Crippen molar-refractivity contribution >= 4 is 11.3 Å². The molecule has 2 aromatic heterocycles. The van der Waals surface area contributed by atoms with E-state index in [2.05, 4.69) is 46.3 Å². The van der Waals surface area contributed by atoms with Crippen molar-refractivity contribution in [3.05, 3.63) is 70.7 Å². The average Bonchev–Trinajstić information content (AvgIpc) is 3.17. The molecule has 102 valence electrons. The predicted molar refractivity (Wildman–Crippen MR) is 83.4 cm³/mol. The minimum atomic E-state index is 0.297. The maximum Gasteiger partial charge on any atom is 0.0645 e. The fourth-order valence-corrected chi connectivity index (χ4v) is 3.01. The molecule has 3 nitrogen and oxygen atoms in total. The van der Waals surface area contributed by atoms with Gasteiger partial charge in [0.2, 0.25) is 0 Å². The lowest BCUT2D eigenvalue weighted by atomic mass is 10.1. The number of likely N-dealkylation sites (N-methyl/N-ethyl adjacent to an activating group) is 1. The molecule has 0 saturated carbocycles. The van der Waals surface area contributed by atoms with Crippen molar-refractivity contribution < 1.29 is 0 Å². The number of rotatable bonds is 5. The zero-order valence-corrected chi connectivity index (χ0v) is 12.2. The smallest absolute Gasteiger partial charge is 0.0645 e. The Labute approximate surface area is 122 Å². The Morgan fingerprint density at radius 2 is 2.05 bits per heavy atom. The van der Waals surface area contributed by atoms with Gasteiger partial charge in [-0.25, -0.2) is 4.68 Å². The zero-order chi connectivity index (χ0) is 13.8. The van der Waals surface area contributed by atoms with Gasteiger partial charge in [0, 0.05) is 29.1 Å². The van der Waals surface area contributed by atoms with Crippen LogP contribution < -0.4 is 5.32 Å². The highest BCUT2D eigenvalue weighted by molar-refractivity contribution is 7.09. The summed E-state index contributed by atoms with van der Waals surface area (Å²) >= 11 is 1.80. The number of thiophene rings is 1. The van der Waals surface area contributed by atoms with Crippen LogP contribution in [0, 0.1) is 0 Å². The molecule has 1 unspecified atom stereocenters. The summed E-state index contributed by atoms with van der Waals surface area (Å²) in [6.45, 7) is 0. The normalized spacial score (nSPS) is 12.4. The molecule has 0 bridgehead atoms. The number of hydrogen-bond donors (Lipinski definition) is 1. The van der Waals surface area contributed by atoms with Gasteiger partial charge < -0.3 is 5.32 Å². The fourth-order valence-electron chi connectivity index (χ4n) is 2.26. The second-order valence-corrected chi connectivity index (χ2v) is 5.71. The van der Waals surface area contributed by atoms with E-state index in [-0.39, 0.29) is 0 Å². The molecule has 0 aliphatic heterocycles. The predicted octanol–water partition coefficient (Wildman–Crippen LogP) is 3.44. The molecule has 0 saturated heterocycles. The third-order valence-corrected chi connectivity index (χ3v) is 4.26. The maximum atomic E-state index is 4.46. The molecule has 0 amide bonds. The van der Waals surface area contributed by atoms with Crippen LogP contribution in [0.1, 0.15) is 16.5 Å². The first kappa shape index (κ1) is 13.1. The summed E-state index contributed by atoms with van der Waals surface area (Å²) < 4.78 is 1.92. The molecule has 0 radical (unpaired) electrons. The topological polar surface area (TPSA) is 29.9 Å². The van der Waals surface area contributed by atoms with Gasteiger partial charge in [-0.15, -0.1) is 11.3 Å². The van der Waals surface area contributed by atoms with E-state index in [0.717, 1.165) is 12.1 Å². The molecule has 4 heteroatoms. The number of para-hydroxylation sites is 1. The van der Waals surface area contributed by atoms with E-state index in [1.807, 2.05) is 36.1 Å². The summed E-state index contributed by atoms with van der Waals surface area (Å²) in [5.41, 5.74) is 2.30. The summed E-state index contributed by atoms with van der Waals surface area (Å²) in [5, 5.41) is 9.96. The van der Waals surface area contributed by atoms with Crippen LogP contribution in [0.2, 0.25) is 0 Å². The number of hydrogen-bond acceptors (Lipinski definition) is 3. The van der Waals surface area contributed by atoms with Crippen LogP contribution >= 0.6 is 11.3 Å². The molecule has 2 heterocycles. The first-order chi connectivity index (χ1) is 9.86. The monoisotopic (exact) mass is 283 g/mol. The van der Waals surface area contributed by atoms with E-state index in [4.69, 9.17) is 0 Å². The Balaban J connectivity index is 1.81. The SMILES string of the molecule is CNC(Cc1cccs1)c1cnn(-c2ccccc2)c1. The molecule has 0 fully saturated rings. The number of benzene rings is 1. The lowest BCUT2D eigenvalue weighted by molar-refractivity contribution is 0.596. The Hall–Kier alpha value is -1.91. The second-order valence-electron chi connectivity index (χ2n) is 4.68. The van der Waals surface area contributed by atoms with E-state index in [9.17, 15) is 0 Å². The van der Waals surface area contributed by atoms with E-state index in [0.29, 0.717) is 6.04 Å². The van der Waals surface area contributed by atoms with Gasteiger partial charge in [-0.2, -0.15) is 5.10 Å². The first-order valence-corrected chi connectivity index (χ1v) is 7.54. The van der Waals surface area contributed by atoms with Crippen LogP contribution in [0.4, 0.5) is 0 Å². The van der Waals surface area contributed by atoms with Crippen molar-refractivity contribution in [2.45, 2.75) is 12.5 Å². The average molecular weight is 283 g/mol. The van der Waals surface area contributed by atoms with Crippen molar-refractivity contribution in [1.29, 1.82) is 0 Å². The van der Waals surface area contributed by atoms with Gasteiger partial charge in [-0.3, -0.25) is 0 Å². The van der Waals surface area contributed by atoms with Crippen molar-refractivity contribution in [2.24, 2.45) is 0 Å². The minimum Gasteiger partial charge on any atom is -0.313 e. The summed E-state index contributed by atoms with van der Waals surface area (Å²) in [4.78, 5) is 1.39. The lowest BCUT2D eigenvalue weighted by Crippen LogP contribution is -2.17. The summed E-state index contributed by atoms with van der Waals surface area (Å²) in [6, 6.07) is 14.8. The largest absolute Gasteiger partial charge is 0.313 e. The van der Waals surface area contributed by atoms with E-state index in [1.54, 1.807) is 11.3 Å². The van der Waals surface area contributed by atoms with E-state index < -0.39 is 0 Å². The van der Waals surface area contributed by atoms with Crippen molar-refractivity contribution in [3.63, 3.8) is 0 Å². The van der Waals surface area contributed by atoms with Gasteiger partial charge in [0.15, 0.2) is 0 Å². The lowest BCUT2D eigenvalue weighted by Gasteiger charge is -2.13. The third-order valence-electron chi connectivity index (χ3n) is 3.36. The van der Waals surface area contributed by atoms with Crippen LogP contribution in [0.5, 0.6) is 0 Å². The number of nitrogens with one attached hydrogen (secondary N) is 1. The highest BCUT2D eigenvalue weighted by Gasteiger charge is 2.13. The van der Waals surface area contributed by atoms with Crippen LogP contribution in [0.25, 0.3) is 5.69 Å². The van der Waals surface area contributed by atoms with Crippen molar-refractivity contribution in [2.75, 3.05) is 7.05 Å². The quantitative estimate of drug-likeness (QED) is 0.777. The molecule has 0 spiro atoms. The summed E-state index contributed by atoms with van der Waals surface area (Å²) in [6.07, 6.45) is 5.04. The number of nitrogens with zero attached hydrogens (tertiary/aromatic N) is 2. The molecular weight excluding hydrogens is 266 g/mol. The standard InChI is InChI=1S/C16H17N3S/c1-17-16(10-15-8-5-9-20-15)13-11-18-19(12-13)14-6-3-2-4-7-14/h2-9,11-12,16-17H,10H2,1H3. The van der Waals surface area contributed by atoms with Crippen LogP contribution in [0.15, 0.2) is 60.2 Å². The maximum absolute atomic E-state index is 4.46. The number of aromatic nitrogens is 2. The van der Waals surface area contributed by atoms with Gasteiger partial charge >= 0.3 is 0 Å². The fraction of sp³-hybridized carbons (Fsp3) is 0.188. The Morgan fingerprint density at radius 1 is 1.20 bits per heavy atom. The molecule has 1 N–H and O–H groups in total. The van der Waals surface area contributed by atoms with Gasteiger partial charge in [0.25, 0.3) is 0 Å².